The molecule has 1 aromatic heterocycles. The number of nitrogens with zero attached hydrogens (tertiary/aromatic N) is 3. The van der Waals surface area contributed by atoms with Crippen molar-refractivity contribution >= 4 is 11.8 Å². The Labute approximate surface area is 229 Å². The van der Waals surface area contributed by atoms with E-state index in [2.05, 4.69) is 27.5 Å². The first kappa shape index (κ1) is 25.8. The smallest absolute Gasteiger partial charge is 0.259 e. The van der Waals surface area contributed by atoms with Crippen LogP contribution in [0.4, 0.5) is 0 Å². The number of ether oxygens (including phenoxy) is 1. The van der Waals surface area contributed by atoms with Gasteiger partial charge in [-0.15, -0.1) is 0 Å². The van der Waals surface area contributed by atoms with E-state index in [1.807, 2.05) is 60.4 Å². The Kier molecular flexibility index (Phi) is 7.48. The SMILES string of the molecule is Cc1onc(-c2ccccc2)c1C(=O)N1CC2CN(CC[C@H](NC(=O)C3CCOC3)c3ccccc3)CC2C1. The topological polar surface area (TPSA) is 87.9 Å². The highest BCUT2D eigenvalue weighted by atomic mass is 16.5. The first-order chi connectivity index (χ1) is 19.1. The van der Waals surface area contributed by atoms with Crippen LogP contribution in [0.2, 0.25) is 0 Å². The third-order valence-corrected chi connectivity index (χ3v) is 8.53. The molecule has 2 amide bonds. The Balaban J connectivity index is 1.06. The summed E-state index contributed by atoms with van der Waals surface area (Å²) in [7, 11) is 0. The number of carbonyl (C=O) groups excluding carboxylic acids is 2. The van der Waals surface area contributed by atoms with Crippen molar-refractivity contribution in [2.45, 2.75) is 25.8 Å². The second kappa shape index (κ2) is 11.3. The second-order valence-electron chi connectivity index (χ2n) is 11.1. The van der Waals surface area contributed by atoms with Gasteiger partial charge in [0.1, 0.15) is 17.0 Å². The Morgan fingerprint density at radius 3 is 2.36 bits per heavy atom. The normalized spacial score (nSPS) is 23.6. The zero-order valence-corrected chi connectivity index (χ0v) is 22.4. The molecule has 3 aliphatic rings. The minimum atomic E-state index is -0.0534. The number of amides is 2. The van der Waals surface area contributed by atoms with Crippen molar-refractivity contribution in [2.75, 3.05) is 45.9 Å². The minimum absolute atomic E-state index is 0.0105. The number of aromatic nitrogens is 1. The summed E-state index contributed by atoms with van der Waals surface area (Å²) in [5.74, 6) is 1.52. The first-order valence-corrected chi connectivity index (χ1v) is 14.0. The predicted molar refractivity (Wildman–Crippen MR) is 147 cm³/mol. The molecule has 3 aliphatic heterocycles. The molecule has 4 atom stereocenters. The molecule has 4 heterocycles. The summed E-state index contributed by atoms with van der Waals surface area (Å²) < 4.78 is 10.9. The van der Waals surface area contributed by atoms with Crippen LogP contribution in [0.3, 0.4) is 0 Å². The highest BCUT2D eigenvalue weighted by molar-refractivity contribution is 6.01. The summed E-state index contributed by atoms with van der Waals surface area (Å²) in [5.41, 5.74) is 3.23. The molecular weight excluding hydrogens is 492 g/mol. The van der Waals surface area contributed by atoms with E-state index in [4.69, 9.17) is 9.26 Å². The fraction of sp³-hybridized carbons (Fsp3) is 0.452. The van der Waals surface area contributed by atoms with Crippen molar-refractivity contribution in [3.8, 4) is 11.3 Å². The van der Waals surface area contributed by atoms with Gasteiger partial charge in [-0.05, 0) is 37.2 Å². The average Bonchev–Trinajstić information content (AvgIpc) is 3.76. The largest absolute Gasteiger partial charge is 0.381 e. The molecular formula is C31H36N4O4. The van der Waals surface area contributed by atoms with Crippen LogP contribution < -0.4 is 5.32 Å². The Bertz CT molecular complexity index is 1270. The van der Waals surface area contributed by atoms with Crippen molar-refractivity contribution in [1.82, 2.24) is 20.3 Å². The number of hydrogen-bond donors (Lipinski definition) is 1. The van der Waals surface area contributed by atoms with Gasteiger partial charge < -0.3 is 24.4 Å². The van der Waals surface area contributed by atoms with Crippen LogP contribution in [0.15, 0.2) is 65.2 Å². The highest BCUT2D eigenvalue weighted by Crippen LogP contribution is 2.34. The third-order valence-electron chi connectivity index (χ3n) is 8.53. The van der Waals surface area contributed by atoms with Gasteiger partial charge in [0, 0.05) is 44.9 Å². The third kappa shape index (κ3) is 5.49. The quantitative estimate of drug-likeness (QED) is 0.477. The van der Waals surface area contributed by atoms with E-state index in [0.717, 1.165) is 56.7 Å². The lowest BCUT2D eigenvalue weighted by Crippen LogP contribution is -2.37. The monoisotopic (exact) mass is 528 g/mol. The molecule has 3 unspecified atom stereocenters. The number of fused-ring (bicyclic) bond motifs is 1. The lowest BCUT2D eigenvalue weighted by molar-refractivity contribution is -0.125. The number of rotatable bonds is 8. The van der Waals surface area contributed by atoms with Crippen molar-refractivity contribution in [2.24, 2.45) is 17.8 Å². The number of aryl methyl sites for hydroxylation is 1. The highest BCUT2D eigenvalue weighted by Gasteiger charge is 2.42. The summed E-state index contributed by atoms with van der Waals surface area (Å²) in [6.07, 6.45) is 1.64. The summed E-state index contributed by atoms with van der Waals surface area (Å²) in [5, 5.41) is 7.50. The number of carbonyl (C=O) groups is 2. The predicted octanol–water partition coefficient (Wildman–Crippen LogP) is 3.94. The fourth-order valence-corrected chi connectivity index (χ4v) is 6.36. The van der Waals surface area contributed by atoms with Crippen LogP contribution in [-0.4, -0.2) is 72.7 Å². The van der Waals surface area contributed by atoms with E-state index >= 15 is 0 Å². The van der Waals surface area contributed by atoms with Gasteiger partial charge in [0.05, 0.1) is 18.6 Å². The molecule has 0 saturated carbocycles. The molecule has 3 saturated heterocycles. The molecule has 0 bridgehead atoms. The number of nitrogens with one attached hydrogen (secondary N) is 1. The Hall–Kier alpha value is -3.49. The van der Waals surface area contributed by atoms with E-state index in [0.29, 0.717) is 42.1 Å². The summed E-state index contributed by atoms with van der Waals surface area (Å²) in [4.78, 5) is 30.9. The molecule has 6 rings (SSSR count). The van der Waals surface area contributed by atoms with E-state index in [1.165, 1.54) is 0 Å². The summed E-state index contributed by atoms with van der Waals surface area (Å²) in [6.45, 7) is 7.33. The molecule has 1 N–H and O–H groups in total. The molecule has 3 aromatic rings. The second-order valence-corrected chi connectivity index (χ2v) is 11.1. The zero-order chi connectivity index (χ0) is 26.8. The number of likely N-dealkylation sites (tertiary alicyclic amines) is 2. The maximum Gasteiger partial charge on any atom is 0.259 e. The van der Waals surface area contributed by atoms with Gasteiger partial charge in [-0.25, -0.2) is 0 Å². The lowest BCUT2D eigenvalue weighted by Gasteiger charge is -2.25. The molecule has 0 radical (unpaired) electrons. The van der Waals surface area contributed by atoms with Gasteiger partial charge in [-0.1, -0.05) is 65.8 Å². The lowest BCUT2D eigenvalue weighted by atomic mass is 10.0. The van der Waals surface area contributed by atoms with E-state index in [9.17, 15) is 9.59 Å². The van der Waals surface area contributed by atoms with Crippen LogP contribution in [-0.2, 0) is 9.53 Å². The van der Waals surface area contributed by atoms with Crippen molar-refractivity contribution in [3.05, 3.63) is 77.6 Å². The van der Waals surface area contributed by atoms with Gasteiger partial charge in [-0.2, -0.15) is 0 Å². The minimum Gasteiger partial charge on any atom is -0.381 e. The van der Waals surface area contributed by atoms with Crippen LogP contribution >= 0.6 is 0 Å². The standard InChI is InChI=1S/C31H36N4O4/c1-21-28(29(33-39-21)23-10-6-3-7-11-23)31(37)35-18-25-16-34(17-26(25)19-35)14-12-27(22-8-4-2-5-9-22)32-30(36)24-13-15-38-20-24/h2-11,24-27H,12-20H2,1H3,(H,32,36)/t24?,25?,26?,27-/m0/s1. The molecule has 0 aliphatic carbocycles. The first-order valence-electron chi connectivity index (χ1n) is 14.0. The van der Waals surface area contributed by atoms with Gasteiger partial charge in [0.15, 0.2) is 0 Å². The van der Waals surface area contributed by atoms with Crippen molar-refractivity contribution < 1.29 is 18.8 Å². The molecule has 39 heavy (non-hydrogen) atoms. The molecule has 8 heteroatoms. The maximum absolute atomic E-state index is 13.6. The zero-order valence-electron chi connectivity index (χ0n) is 22.4. The van der Waals surface area contributed by atoms with Crippen LogP contribution in [0.1, 0.15) is 40.6 Å². The van der Waals surface area contributed by atoms with Gasteiger partial charge in [-0.3, -0.25) is 9.59 Å². The van der Waals surface area contributed by atoms with Gasteiger partial charge in [0.2, 0.25) is 5.91 Å². The summed E-state index contributed by atoms with van der Waals surface area (Å²) >= 11 is 0. The molecule has 2 aromatic carbocycles. The van der Waals surface area contributed by atoms with Gasteiger partial charge >= 0.3 is 0 Å². The Morgan fingerprint density at radius 2 is 1.69 bits per heavy atom. The van der Waals surface area contributed by atoms with Crippen molar-refractivity contribution in [1.29, 1.82) is 0 Å². The van der Waals surface area contributed by atoms with E-state index in [1.54, 1.807) is 0 Å². The number of benzene rings is 2. The van der Waals surface area contributed by atoms with Gasteiger partial charge in [0.25, 0.3) is 5.91 Å². The molecule has 3 fully saturated rings. The maximum atomic E-state index is 13.6. The molecule has 204 valence electrons. The van der Waals surface area contributed by atoms with Crippen LogP contribution in [0, 0.1) is 24.7 Å². The van der Waals surface area contributed by atoms with E-state index < -0.39 is 0 Å². The molecule has 0 spiro atoms. The number of hydrogen-bond acceptors (Lipinski definition) is 6. The van der Waals surface area contributed by atoms with Crippen LogP contribution in [0.25, 0.3) is 11.3 Å². The fourth-order valence-electron chi connectivity index (χ4n) is 6.36. The summed E-state index contributed by atoms with van der Waals surface area (Å²) in [6, 6.07) is 20.0. The molecule has 8 nitrogen and oxygen atoms in total. The Morgan fingerprint density at radius 1 is 1.00 bits per heavy atom. The van der Waals surface area contributed by atoms with Crippen molar-refractivity contribution in [3.63, 3.8) is 0 Å². The van der Waals surface area contributed by atoms with Crippen LogP contribution in [0.5, 0.6) is 0 Å². The van der Waals surface area contributed by atoms with E-state index in [-0.39, 0.29) is 23.8 Å². The average molecular weight is 529 g/mol.